The molecule has 1 aromatic heterocycles. The van der Waals surface area contributed by atoms with Gasteiger partial charge in [0.1, 0.15) is 0 Å². The zero-order valence-electron chi connectivity index (χ0n) is 17.1. The van der Waals surface area contributed by atoms with Crippen LogP contribution in [0.4, 0.5) is 14.5 Å². The first-order valence-corrected chi connectivity index (χ1v) is 10.2. The number of hydrogen-bond acceptors (Lipinski definition) is 4. The van der Waals surface area contributed by atoms with Crippen molar-refractivity contribution in [3.8, 4) is 0 Å². The first-order valence-electron chi connectivity index (χ1n) is 10.2. The Labute approximate surface area is 177 Å². The first kappa shape index (κ1) is 21.2. The van der Waals surface area contributed by atoms with Crippen LogP contribution in [0.3, 0.4) is 0 Å². The second kappa shape index (κ2) is 8.22. The molecule has 9 heteroatoms. The standard InChI is InChI=1S/C22H23F2N3O4/c1-22(6-9-31-10-7-22)26-21(30)19(28)18-12-14(17-3-2-8-27(17)18)20(29)25-13-4-5-15(23)16(24)11-13/h4-5,11-12H,2-3,6-10H2,1H3,(H,25,29)(H,26,30). The normalized spacial score (nSPS) is 17.1. The fraction of sp³-hybridized carbons (Fsp3) is 0.409. The van der Waals surface area contributed by atoms with Gasteiger partial charge in [0, 0.05) is 42.7 Å². The number of hydrogen-bond donors (Lipinski definition) is 2. The van der Waals surface area contributed by atoms with Crippen LogP contribution in [0.1, 0.15) is 52.7 Å². The molecule has 2 aliphatic rings. The van der Waals surface area contributed by atoms with Gasteiger partial charge in [-0.25, -0.2) is 8.78 Å². The van der Waals surface area contributed by atoms with E-state index in [9.17, 15) is 23.2 Å². The SMILES string of the molecule is CC1(NC(=O)C(=O)c2cc(C(=O)Nc3ccc(F)c(F)c3)c3n2CCC3)CCOCC1. The average molecular weight is 431 g/mol. The number of rotatable bonds is 5. The van der Waals surface area contributed by atoms with Crippen molar-refractivity contribution in [2.75, 3.05) is 18.5 Å². The van der Waals surface area contributed by atoms with Crippen molar-refractivity contribution in [2.24, 2.45) is 0 Å². The summed E-state index contributed by atoms with van der Waals surface area (Å²) in [5.41, 5.74) is 0.623. The van der Waals surface area contributed by atoms with Crippen LogP contribution in [0.5, 0.6) is 0 Å². The minimum Gasteiger partial charge on any atom is -0.381 e. The number of carbonyl (C=O) groups is 3. The third-order valence-corrected chi connectivity index (χ3v) is 5.88. The lowest BCUT2D eigenvalue weighted by Gasteiger charge is -2.34. The molecular formula is C22H23F2N3O4. The van der Waals surface area contributed by atoms with Gasteiger partial charge in [-0.1, -0.05) is 0 Å². The number of Topliss-reactive ketones (excluding diaryl/α,β-unsaturated/α-hetero) is 1. The Hall–Kier alpha value is -3.07. The number of aromatic nitrogens is 1. The summed E-state index contributed by atoms with van der Waals surface area (Å²) in [5.74, 6) is -4.06. The Balaban J connectivity index is 1.55. The quantitative estimate of drug-likeness (QED) is 0.563. The first-order chi connectivity index (χ1) is 14.8. The van der Waals surface area contributed by atoms with Gasteiger partial charge in [0.15, 0.2) is 11.6 Å². The number of carbonyl (C=O) groups excluding carboxylic acids is 3. The maximum atomic E-state index is 13.4. The van der Waals surface area contributed by atoms with Gasteiger partial charge in [-0.3, -0.25) is 14.4 Å². The Morgan fingerprint density at radius 3 is 2.55 bits per heavy atom. The summed E-state index contributed by atoms with van der Waals surface area (Å²) in [7, 11) is 0. The van der Waals surface area contributed by atoms with Gasteiger partial charge in [0.05, 0.1) is 11.3 Å². The molecule has 164 valence electrons. The van der Waals surface area contributed by atoms with Gasteiger partial charge < -0.3 is 19.9 Å². The number of nitrogens with zero attached hydrogens (tertiary/aromatic N) is 1. The van der Waals surface area contributed by atoms with Crippen molar-refractivity contribution in [1.29, 1.82) is 0 Å². The molecule has 0 spiro atoms. The van der Waals surface area contributed by atoms with E-state index in [0.29, 0.717) is 44.7 Å². The van der Waals surface area contributed by atoms with Crippen LogP contribution in [0.25, 0.3) is 0 Å². The summed E-state index contributed by atoms with van der Waals surface area (Å²) in [5, 5.41) is 5.34. The van der Waals surface area contributed by atoms with Crippen molar-refractivity contribution >= 4 is 23.3 Å². The van der Waals surface area contributed by atoms with E-state index in [1.54, 1.807) is 4.57 Å². The molecule has 0 bridgehead atoms. The summed E-state index contributed by atoms with van der Waals surface area (Å²) < 4.78 is 33.6. The third-order valence-electron chi connectivity index (χ3n) is 5.88. The number of ether oxygens (including phenoxy) is 1. The fourth-order valence-corrected chi connectivity index (χ4v) is 4.07. The molecule has 2 aromatic rings. The van der Waals surface area contributed by atoms with Crippen molar-refractivity contribution in [3.63, 3.8) is 0 Å². The van der Waals surface area contributed by atoms with Gasteiger partial charge in [-0.2, -0.15) is 0 Å². The molecule has 1 saturated heterocycles. The van der Waals surface area contributed by atoms with Gasteiger partial charge >= 0.3 is 0 Å². The van der Waals surface area contributed by atoms with Gasteiger partial charge in [-0.05, 0) is 50.8 Å². The lowest BCUT2D eigenvalue weighted by Crippen LogP contribution is -2.51. The number of halogens is 2. The Morgan fingerprint density at radius 1 is 1.10 bits per heavy atom. The molecule has 1 aromatic carbocycles. The number of fused-ring (bicyclic) bond motifs is 1. The van der Waals surface area contributed by atoms with Crippen LogP contribution < -0.4 is 10.6 Å². The van der Waals surface area contributed by atoms with Crippen molar-refractivity contribution < 1.29 is 27.9 Å². The van der Waals surface area contributed by atoms with E-state index in [0.717, 1.165) is 18.6 Å². The number of benzene rings is 1. The van der Waals surface area contributed by atoms with E-state index in [4.69, 9.17) is 4.74 Å². The minimum absolute atomic E-state index is 0.0971. The zero-order chi connectivity index (χ0) is 22.2. The lowest BCUT2D eigenvalue weighted by molar-refractivity contribution is -0.119. The van der Waals surface area contributed by atoms with E-state index in [-0.39, 0.29) is 16.9 Å². The van der Waals surface area contributed by atoms with Crippen LogP contribution in [-0.4, -0.2) is 40.9 Å². The van der Waals surface area contributed by atoms with E-state index in [1.165, 1.54) is 12.1 Å². The molecule has 2 amide bonds. The molecule has 0 aliphatic carbocycles. The molecule has 4 rings (SSSR count). The molecule has 0 unspecified atom stereocenters. The minimum atomic E-state index is -1.07. The Morgan fingerprint density at radius 2 is 1.84 bits per heavy atom. The second-order valence-corrected chi connectivity index (χ2v) is 8.18. The van der Waals surface area contributed by atoms with Crippen molar-refractivity contribution in [3.05, 3.63) is 52.9 Å². The lowest BCUT2D eigenvalue weighted by atomic mass is 9.92. The molecular weight excluding hydrogens is 408 g/mol. The van der Waals surface area contributed by atoms with E-state index >= 15 is 0 Å². The highest BCUT2D eigenvalue weighted by Gasteiger charge is 2.34. The van der Waals surface area contributed by atoms with Crippen LogP contribution in [-0.2, 0) is 22.5 Å². The van der Waals surface area contributed by atoms with Gasteiger partial charge in [0.25, 0.3) is 17.6 Å². The molecule has 1 fully saturated rings. The molecule has 0 radical (unpaired) electrons. The van der Waals surface area contributed by atoms with Gasteiger partial charge in [-0.15, -0.1) is 0 Å². The van der Waals surface area contributed by atoms with E-state index < -0.39 is 34.8 Å². The molecule has 7 nitrogen and oxygen atoms in total. The summed E-state index contributed by atoms with van der Waals surface area (Å²) in [6.07, 6.45) is 2.53. The fourth-order valence-electron chi connectivity index (χ4n) is 4.07. The number of ketones is 1. The van der Waals surface area contributed by atoms with Crippen LogP contribution >= 0.6 is 0 Å². The second-order valence-electron chi connectivity index (χ2n) is 8.18. The molecule has 0 saturated carbocycles. The molecule has 0 atom stereocenters. The predicted octanol–water partition coefficient (Wildman–Crippen LogP) is 2.83. The summed E-state index contributed by atoms with van der Waals surface area (Å²) in [6.45, 7) is 3.43. The number of nitrogens with one attached hydrogen (secondary N) is 2. The van der Waals surface area contributed by atoms with Crippen LogP contribution in [0.2, 0.25) is 0 Å². The maximum absolute atomic E-state index is 13.4. The van der Waals surface area contributed by atoms with Crippen molar-refractivity contribution in [1.82, 2.24) is 9.88 Å². The van der Waals surface area contributed by atoms with E-state index in [2.05, 4.69) is 10.6 Å². The zero-order valence-corrected chi connectivity index (χ0v) is 17.1. The molecule has 2 aliphatic heterocycles. The highest BCUT2D eigenvalue weighted by atomic mass is 19.2. The Bertz CT molecular complexity index is 1060. The smallest absolute Gasteiger partial charge is 0.294 e. The topological polar surface area (TPSA) is 89.4 Å². The highest BCUT2D eigenvalue weighted by Crippen LogP contribution is 2.27. The largest absolute Gasteiger partial charge is 0.381 e. The maximum Gasteiger partial charge on any atom is 0.294 e. The van der Waals surface area contributed by atoms with Crippen molar-refractivity contribution in [2.45, 2.75) is 44.7 Å². The third kappa shape index (κ3) is 4.23. The van der Waals surface area contributed by atoms with E-state index in [1.807, 2.05) is 6.92 Å². The van der Waals surface area contributed by atoms with Gasteiger partial charge in [0.2, 0.25) is 0 Å². The summed E-state index contributed by atoms with van der Waals surface area (Å²) >= 11 is 0. The molecule has 31 heavy (non-hydrogen) atoms. The number of amides is 2. The van der Waals surface area contributed by atoms with Crippen LogP contribution in [0, 0.1) is 11.6 Å². The number of anilines is 1. The monoisotopic (exact) mass is 431 g/mol. The molecule has 3 heterocycles. The predicted molar refractivity (Wildman–Crippen MR) is 108 cm³/mol. The average Bonchev–Trinajstić information content (AvgIpc) is 3.33. The van der Waals surface area contributed by atoms with Crippen LogP contribution in [0.15, 0.2) is 24.3 Å². The molecule has 2 N–H and O–H groups in total. The highest BCUT2D eigenvalue weighted by molar-refractivity contribution is 6.42. The summed E-state index contributed by atoms with van der Waals surface area (Å²) in [6, 6.07) is 4.46. The summed E-state index contributed by atoms with van der Waals surface area (Å²) in [4.78, 5) is 38.4. The Kier molecular flexibility index (Phi) is 5.62.